The fraction of sp³-hybridized carbons (Fsp3) is 0.588. The number of hydrogen-bond acceptors (Lipinski definition) is 3. The van der Waals surface area contributed by atoms with Gasteiger partial charge in [-0.25, -0.2) is 0 Å². The number of aliphatic imine (C=N–C) groups is 1. The van der Waals surface area contributed by atoms with Crippen molar-refractivity contribution in [3.8, 4) is 5.75 Å². The lowest BCUT2D eigenvalue weighted by atomic mass is 10.1. The summed E-state index contributed by atoms with van der Waals surface area (Å²) >= 11 is 4.22. The molecule has 1 aromatic rings. The topological polar surface area (TPSA) is 36.9 Å². The number of benzene rings is 1. The smallest absolute Gasteiger partial charge is 0.193 e. The van der Waals surface area contributed by atoms with E-state index in [0.29, 0.717) is 6.10 Å². The van der Waals surface area contributed by atoms with Crippen molar-refractivity contribution in [2.45, 2.75) is 25.4 Å². The van der Waals surface area contributed by atoms with Crippen molar-refractivity contribution in [1.29, 1.82) is 0 Å². The molecule has 24 heavy (non-hydrogen) atoms. The van der Waals surface area contributed by atoms with Gasteiger partial charge in [0.05, 0.1) is 3.57 Å². The number of thioether (sulfide) groups is 1. The van der Waals surface area contributed by atoms with Crippen molar-refractivity contribution in [2.75, 3.05) is 38.7 Å². The Hall–Kier alpha value is 0.100. The third-order valence-corrected chi connectivity index (χ3v) is 5.48. The minimum absolute atomic E-state index is 0. The van der Waals surface area contributed by atoms with E-state index in [-0.39, 0.29) is 24.0 Å². The summed E-state index contributed by atoms with van der Waals surface area (Å²) in [6, 6.07) is 8.22. The van der Waals surface area contributed by atoms with Gasteiger partial charge in [-0.05, 0) is 53.2 Å². The van der Waals surface area contributed by atoms with E-state index in [2.05, 4.69) is 56.2 Å². The highest BCUT2D eigenvalue weighted by Crippen LogP contribution is 2.24. The van der Waals surface area contributed by atoms with Crippen molar-refractivity contribution in [1.82, 2.24) is 10.2 Å². The largest absolute Gasteiger partial charge is 0.489 e. The Morgan fingerprint density at radius 3 is 2.71 bits per heavy atom. The average molecular weight is 575 g/mol. The molecule has 0 bridgehead atoms. The molecular weight excluding hydrogens is 548 g/mol. The Bertz CT molecular complexity index is 508. The molecule has 1 aliphatic heterocycles. The van der Waals surface area contributed by atoms with Crippen LogP contribution in [-0.2, 0) is 0 Å². The number of piperidine rings is 1. The van der Waals surface area contributed by atoms with E-state index >= 15 is 0 Å². The first-order valence-electron chi connectivity index (χ1n) is 8.10. The minimum Gasteiger partial charge on any atom is -0.489 e. The Kier molecular flexibility index (Phi) is 11.5. The molecule has 0 amide bonds. The molecule has 0 aliphatic carbocycles. The Labute approximate surface area is 180 Å². The summed E-state index contributed by atoms with van der Waals surface area (Å²) in [6.45, 7) is 2.98. The molecule has 0 aromatic heterocycles. The third-order valence-electron chi connectivity index (χ3n) is 3.89. The van der Waals surface area contributed by atoms with Gasteiger partial charge < -0.3 is 15.0 Å². The molecule has 0 saturated carbocycles. The van der Waals surface area contributed by atoms with E-state index in [9.17, 15) is 0 Å². The molecule has 0 unspecified atom stereocenters. The van der Waals surface area contributed by atoms with Crippen molar-refractivity contribution in [3.63, 3.8) is 0 Å². The summed E-state index contributed by atoms with van der Waals surface area (Å²) in [4.78, 5) is 6.76. The van der Waals surface area contributed by atoms with Crippen LogP contribution in [0.4, 0.5) is 0 Å². The minimum atomic E-state index is 0. The van der Waals surface area contributed by atoms with Gasteiger partial charge in [0, 0.05) is 39.5 Å². The molecule has 136 valence electrons. The number of halogens is 2. The number of nitrogens with zero attached hydrogens (tertiary/aromatic N) is 2. The fourth-order valence-corrected chi connectivity index (χ4v) is 3.60. The molecule has 1 aliphatic rings. The zero-order valence-corrected chi connectivity index (χ0v) is 19.6. The number of hydrogen-bond donors (Lipinski definition) is 1. The second-order valence-electron chi connectivity index (χ2n) is 5.56. The number of nitrogens with one attached hydrogen (secondary N) is 1. The molecule has 0 atom stereocenters. The highest BCUT2D eigenvalue weighted by Gasteiger charge is 2.23. The first-order valence-corrected chi connectivity index (χ1v) is 10.6. The summed E-state index contributed by atoms with van der Waals surface area (Å²) in [7, 11) is 1.87. The monoisotopic (exact) mass is 575 g/mol. The fourth-order valence-electron chi connectivity index (χ4n) is 2.65. The molecule has 1 N–H and O–H groups in total. The Balaban J connectivity index is 0.00000288. The first-order chi connectivity index (χ1) is 11.2. The third kappa shape index (κ3) is 7.15. The molecule has 1 aromatic carbocycles. The van der Waals surface area contributed by atoms with Crippen LogP contribution in [0.1, 0.15) is 19.3 Å². The first kappa shape index (κ1) is 22.1. The van der Waals surface area contributed by atoms with Crippen LogP contribution >= 0.6 is 58.3 Å². The molecular formula is C17H27I2N3OS. The van der Waals surface area contributed by atoms with Crippen molar-refractivity contribution in [3.05, 3.63) is 27.8 Å². The van der Waals surface area contributed by atoms with Crippen LogP contribution < -0.4 is 10.1 Å². The maximum absolute atomic E-state index is 6.16. The summed E-state index contributed by atoms with van der Waals surface area (Å²) in [5.41, 5.74) is 0. The van der Waals surface area contributed by atoms with Crippen LogP contribution in [0.15, 0.2) is 29.3 Å². The van der Waals surface area contributed by atoms with Gasteiger partial charge in [-0.2, -0.15) is 11.8 Å². The summed E-state index contributed by atoms with van der Waals surface area (Å²) < 4.78 is 7.34. The second kappa shape index (κ2) is 12.5. The van der Waals surface area contributed by atoms with E-state index in [1.165, 1.54) is 15.7 Å². The summed E-state index contributed by atoms with van der Waals surface area (Å²) in [6.07, 6.45) is 5.70. The Morgan fingerprint density at radius 1 is 1.38 bits per heavy atom. The molecule has 2 rings (SSSR count). The number of likely N-dealkylation sites (tertiary alicyclic amines) is 1. The normalized spacial score (nSPS) is 15.8. The van der Waals surface area contributed by atoms with E-state index in [1.54, 1.807) is 0 Å². The predicted octanol–water partition coefficient (Wildman–Crippen LogP) is 4.08. The molecule has 7 heteroatoms. The lowest BCUT2D eigenvalue weighted by molar-refractivity contribution is 0.128. The maximum atomic E-state index is 6.16. The van der Waals surface area contributed by atoms with E-state index in [0.717, 1.165) is 44.2 Å². The molecule has 1 saturated heterocycles. The van der Waals surface area contributed by atoms with Crippen LogP contribution in [0.5, 0.6) is 5.75 Å². The van der Waals surface area contributed by atoms with Crippen molar-refractivity contribution < 1.29 is 4.74 Å². The molecule has 0 radical (unpaired) electrons. The van der Waals surface area contributed by atoms with Gasteiger partial charge in [0.1, 0.15) is 11.9 Å². The van der Waals surface area contributed by atoms with Crippen LogP contribution in [0, 0.1) is 3.57 Å². The number of rotatable bonds is 6. The van der Waals surface area contributed by atoms with Gasteiger partial charge in [-0.3, -0.25) is 4.99 Å². The van der Waals surface area contributed by atoms with Gasteiger partial charge >= 0.3 is 0 Å². The van der Waals surface area contributed by atoms with Gasteiger partial charge in [0.25, 0.3) is 0 Å². The zero-order chi connectivity index (χ0) is 16.5. The highest BCUT2D eigenvalue weighted by molar-refractivity contribution is 14.1. The van der Waals surface area contributed by atoms with Gasteiger partial charge in [0.2, 0.25) is 0 Å². The standard InChI is InChI=1S/C17H26IN3OS.HI/c1-19-17(20-10-5-13-23-2)21-11-8-14(9-12-21)22-16-7-4-3-6-15(16)18;/h3-4,6-7,14H,5,8-13H2,1-2H3,(H,19,20);1H. The molecule has 0 spiro atoms. The quantitative estimate of drug-likeness (QED) is 0.240. The highest BCUT2D eigenvalue weighted by atomic mass is 127. The molecule has 4 nitrogen and oxygen atoms in total. The van der Waals surface area contributed by atoms with Crippen molar-refractivity contribution in [2.24, 2.45) is 4.99 Å². The SMILES string of the molecule is CN=C(NCCCSC)N1CCC(Oc2ccccc2I)CC1.I. The number of para-hydroxylation sites is 1. The van der Waals surface area contributed by atoms with E-state index < -0.39 is 0 Å². The predicted molar refractivity (Wildman–Crippen MR) is 124 cm³/mol. The van der Waals surface area contributed by atoms with Gasteiger partial charge in [0.15, 0.2) is 5.96 Å². The lowest BCUT2D eigenvalue weighted by Gasteiger charge is -2.34. The summed E-state index contributed by atoms with van der Waals surface area (Å²) in [5.74, 6) is 3.22. The van der Waals surface area contributed by atoms with Gasteiger partial charge in [-0.1, -0.05) is 12.1 Å². The molecule has 1 heterocycles. The maximum Gasteiger partial charge on any atom is 0.193 e. The van der Waals surface area contributed by atoms with Gasteiger partial charge in [-0.15, -0.1) is 24.0 Å². The number of guanidine groups is 1. The summed E-state index contributed by atoms with van der Waals surface area (Å²) in [5, 5.41) is 3.47. The van der Waals surface area contributed by atoms with Crippen LogP contribution in [0.3, 0.4) is 0 Å². The average Bonchev–Trinajstić information content (AvgIpc) is 2.58. The van der Waals surface area contributed by atoms with E-state index in [4.69, 9.17) is 4.74 Å². The molecule has 1 fully saturated rings. The van der Waals surface area contributed by atoms with Crippen molar-refractivity contribution >= 4 is 64.3 Å². The number of ether oxygens (including phenoxy) is 1. The second-order valence-corrected chi connectivity index (χ2v) is 7.70. The van der Waals surface area contributed by atoms with Crippen LogP contribution in [0.25, 0.3) is 0 Å². The Morgan fingerprint density at radius 2 is 2.08 bits per heavy atom. The van der Waals surface area contributed by atoms with Crippen LogP contribution in [0.2, 0.25) is 0 Å². The van der Waals surface area contributed by atoms with Crippen LogP contribution in [-0.4, -0.2) is 55.7 Å². The lowest BCUT2D eigenvalue weighted by Crippen LogP contribution is -2.47. The zero-order valence-electron chi connectivity index (χ0n) is 14.3. The van der Waals surface area contributed by atoms with E-state index in [1.807, 2.05) is 30.9 Å².